The van der Waals surface area contributed by atoms with Crippen LogP contribution < -0.4 is 10.6 Å². The summed E-state index contributed by atoms with van der Waals surface area (Å²) in [5.41, 5.74) is 0.717. The van der Waals surface area contributed by atoms with Crippen LogP contribution in [0.15, 0.2) is 36.4 Å². The number of carbonyl (C=O) groups excluding carboxylic acids is 4. The number of carbonyl (C=O) groups is 4. The van der Waals surface area contributed by atoms with Gasteiger partial charge in [-0.1, -0.05) is 43.2 Å². The number of ether oxygens (including phenoxy) is 1. The van der Waals surface area contributed by atoms with Gasteiger partial charge in [0, 0.05) is 31.6 Å². The predicted molar refractivity (Wildman–Crippen MR) is 150 cm³/mol. The van der Waals surface area contributed by atoms with Gasteiger partial charge in [0.1, 0.15) is 5.60 Å². The van der Waals surface area contributed by atoms with Crippen LogP contribution in [0.4, 0.5) is 4.79 Å². The molecule has 0 saturated carbocycles. The molecule has 4 rings (SSSR count). The molecule has 8 nitrogen and oxygen atoms in total. The first-order chi connectivity index (χ1) is 18.6. The number of hydrogen-bond donors (Lipinski definition) is 2. The molecule has 0 aliphatic carbocycles. The fourth-order valence-electron chi connectivity index (χ4n) is 5.71. The van der Waals surface area contributed by atoms with Gasteiger partial charge in [-0.15, -0.1) is 0 Å². The maximum atomic E-state index is 13.6. The molecule has 0 aromatic heterocycles. The highest BCUT2D eigenvalue weighted by molar-refractivity contribution is 6.08. The van der Waals surface area contributed by atoms with Gasteiger partial charge >= 0.3 is 6.09 Å². The highest BCUT2D eigenvalue weighted by Crippen LogP contribution is 2.38. The molecule has 8 heteroatoms. The van der Waals surface area contributed by atoms with E-state index in [0.717, 1.165) is 42.9 Å². The van der Waals surface area contributed by atoms with E-state index >= 15 is 0 Å². The van der Waals surface area contributed by atoms with Crippen LogP contribution in [0, 0.1) is 5.41 Å². The van der Waals surface area contributed by atoms with Gasteiger partial charge < -0.3 is 15.0 Å². The minimum absolute atomic E-state index is 0.0597. The molecule has 2 aliphatic heterocycles. The van der Waals surface area contributed by atoms with Crippen LogP contribution in [0.1, 0.15) is 88.1 Å². The van der Waals surface area contributed by atoms with E-state index in [-0.39, 0.29) is 23.8 Å². The standard InChI is InChI=1S/C31H41N3O5/c1-30(2,3)39-29(38)32-19-7-5-4-6-11-22-12-8-14-24-23(22)13-9-15-25(24)27(36)34-20-18-31(21-34)17-10-16-26(35)33-28(31)37/h8-9,12-15H,4-7,10-11,16-21H2,1-3H3,(H,32,38)(H,33,35,37). The summed E-state index contributed by atoms with van der Waals surface area (Å²) in [6.07, 6.45) is 6.75. The third-order valence-electron chi connectivity index (χ3n) is 7.72. The molecule has 2 saturated heterocycles. The Bertz CT molecular complexity index is 1230. The molecular weight excluding hydrogens is 494 g/mol. The second kappa shape index (κ2) is 12.2. The molecule has 2 N–H and O–H groups in total. The van der Waals surface area contributed by atoms with Crippen LogP contribution in [0.5, 0.6) is 0 Å². The highest BCUT2D eigenvalue weighted by Gasteiger charge is 2.47. The molecule has 1 spiro atoms. The molecule has 0 bridgehead atoms. The van der Waals surface area contributed by atoms with Crippen molar-refractivity contribution >= 4 is 34.6 Å². The number of alkyl carbamates (subject to hydrolysis) is 1. The van der Waals surface area contributed by atoms with Gasteiger partial charge in [-0.05, 0) is 81.7 Å². The topological polar surface area (TPSA) is 105 Å². The summed E-state index contributed by atoms with van der Waals surface area (Å²) in [6, 6.07) is 12.0. The minimum Gasteiger partial charge on any atom is -0.444 e. The number of benzene rings is 2. The van der Waals surface area contributed by atoms with Gasteiger partial charge in [0.15, 0.2) is 0 Å². The normalized spacial score (nSPS) is 19.7. The van der Waals surface area contributed by atoms with E-state index in [1.807, 2.05) is 45.0 Å². The summed E-state index contributed by atoms with van der Waals surface area (Å²) < 4.78 is 5.26. The molecule has 1 unspecified atom stereocenters. The van der Waals surface area contributed by atoms with Crippen molar-refractivity contribution < 1.29 is 23.9 Å². The zero-order valence-electron chi connectivity index (χ0n) is 23.4. The maximum absolute atomic E-state index is 13.6. The number of fused-ring (bicyclic) bond motifs is 1. The molecule has 1 atom stereocenters. The Morgan fingerprint density at radius 3 is 2.54 bits per heavy atom. The van der Waals surface area contributed by atoms with Crippen LogP contribution in [0.3, 0.4) is 0 Å². The Morgan fingerprint density at radius 2 is 1.74 bits per heavy atom. The van der Waals surface area contributed by atoms with Crippen molar-refractivity contribution in [3.63, 3.8) is 0 Å². The van der Waals surface area contributed by atoms with Gasteiger partial charge in [0.05, 0.1) is 5.41 Å². The van der Waals surface area contributed by atoms with Crippen LogP contribution in [-0.4, -0.2) is 54.0 Å². The molecule has 4 amide bonds. The Kier molecular flexibility index (Phi) is 8.93. The van der Waals surface area contributed by atoms with Gasteiger partial charge in [0.25, 0.3) is 5.91 Å². The van der Waals surface area contributed by atoms with Crippen LogP contribution in [0.2, 0.25) is 0 Å². The van der Waals surface area contributed by atoms with Crippen molar-refractivity contribution in [1.29, 1.82) is 0 Å². The lowest BCUT2D eigenvalue weighted by Gasteiger charge is -2.25. The highest BCUT2D eigenvalue weighted by atomic mass is 16.6. The first-order valence-electron chi connectivity index (χ1n) is 14.2. The number of imide groups is 1. The zero-order chi connectivity index (χ0) is 28.0. The van der Waals surface area contributed by atoms with Crippen LogP contribution in [-0.2, 0) is 20.7 Å². The zero-order valence-corrected chi connectivity index (χ0v) is 23.4. The van der Waals surface area contributed by atoms with E-state index in [2.05, 4.69) is 22.8 Å². The molecule has 210 valence electrons. The van der Waals surface area contributed by atoms with Crippen molar-refractivity contribution in [3.05, 3.63) is 47.5 Å². The quantitative estimate of drug-likeness (QED) is 0.360. The number of amides is 4. The molecule has 2 aliphatic rings. The summed E-state index contributed by atoms with van der Waals surface area (Å²) in [5.74, 6) is -0.516. The van der Waals surface area contributed by atoms with Crippen molar-refractivity contribution in [1.82, 2.24) is 15.5 Å². The summed E-state index contributed by atoms with van der Waals surface area (Å²) in [6.45, 7) is 7.02. The Hall–Kier alpha value is -3.42. The monoisotopic (exact) mass is 535 g/mol. The largest absolute Gasteiger partial charge is 0.444 e. The van der Waals surface area contributed by atoms with Crippen LogP contribution in [0.25, 0.3) is 10.8 Å². The second-order valence-corrected chi connectivity index (χ2v) is 11.9. The summed E-state index contributed by atoms with van der Waals surface area (Å²) >= 11 is 0. The third-order valence-corrected chi connectivity index (χ3v) is 7.72. The van der Waals surface area contributed by atoms with E-state index in [9.17, 15) is 19.2 Å². The lowest BCUT2D eigenvalue weighted by Crippen LogP contribution is -2.43. The number of rotatable bonds is 8. The van der Waals surface area contributed by atoms with E-state index in [0.29, 0.717) is 50.9 Å². The average molecular weight is 536 g/mol. The van der Waals surface area contributed by atoms with E-state index in [1.54, 1.807) is 4.90 Å². The van der Waals surface area contributed by atoms with Crippen molar-refractivity contribution in [2.24, 2.45) is 5.41 Å². The minimum atomic E-state index is -0.667. The maximum Gasteiger partial charge on any atom is 0.407 e. The molecule has 2 heterocycles. The average Bonchev–Trinajstić information content (AvgIpc) is 3.26. The molecule has 2 fully saturated rings. The number of nitrogens with zero attached hydrogens (tertiary/aromatic N) is 1. The summed E-state index contributed by atoms with van der Waals surface area (Å²) in [5, 5.41) is 7.34. The lowest BCUT2D eigenvalue weighted by atomic mass is 9.82. The van der Waals surface area contributed by atoms with Crippen LogP contribution >= 0.6 is 0 Å². The lowest BCUT2D eigenvalue weighted by molar-refractivity contribution is -0.135. The van der Waals surface area contributed by atoms with Crippen molar-refractivity contribution in [2.45, 2.75) is 84.2 Å². The fraction of sp³-hybridized carbons (Fsp3) is 0.548. The number of aryl methyl sites for hydroxylation is 1. The summed E-state index contributed by atoms with van der Waals surface area (Å²) in [4.78, 5) is 51.8. The molecule has 2 aromatic carbocycles. The number of unbranched alkanes of at least 4 members (excludes halogenated alkanes) is 3. The SMILES string of the molecule is CC(C)(C)OC(=O)NCCCCCCc1cccc2c(C(=O)N3CCC4(CCCC(=O)NC4=O)C3)cccc12. The van der Waals surface area contributed by atoms with E-state index < -0.39 is 11.0 Å². The number of likely N-dealkylation sites (tertiary alicyclic amines) is 1. The van der Waals surface area contributed by atoms with E-state index in [4.69, 9.17) is 4.74 Å². The molecule has 0 radical (unpaired) electrons. The van der Waals surface area contributed by atoms with Crippen molar-refractivity contribution in [2.75, 3.05) is 19.6 Å². The molecule has 39 heavy (non-hydrogen) atoms. The molecular formula is C31H41N3O5. The van der Waals surface area contributed by atoms with Gasteiger partial charge in [-0.25, -0.2) is 4.79 Å². The fourth-order valence-corrected chi connectivity index (χ4v) is 5.71. The predicted octanol–water partition coefficient (Wildman–Crippen LogP) is 5.13. The third kappa shape index (κ3) is 7.16. The number of hydrogen-bond acceptors (Lipinski definition) is 5. The van der Waals surface area contributed by atoms with E-state index in [1.165, 1.54) is 5.56 Å². The van der Waals surface area contributed by atoms with Gasteiger partial charge in [-0.2, -0.15) is 0 Å². The van der Waals surface area contributed by atoms with Gasteiger partial charge in [-0.3, -0.25) is 19.7 Å². The number of nitrogens with one attached hydrogen (secondary N) is 2. The summed E-state index contributed by atoms with van der Waals surface area (Å²) in [7, 11) is 0. The second-order valence-electron chi connectivity index (χ2n) is 11.9. The van der Waals surface area contributed by atoms with Gasteiger partial charge in [0.2, 0.25) is 11.8 Å². The van der Waals surface area contributed by atoms with Crippen molar-refractivity contribution in [3.8, 4) is 0 Å². The first kappa shape index (κ1) is 28.6. The Labute approximate surface area is 230 Å². The molecule has 2 aromatic rings. The smallest absolute Gasteiger partial charge is 0.407 e. The Morgan fingerprint density at radius 1 is 1.00 bits per heavy atom. The Balaban J connectivity index is 1.33. The first-order valence-corrected chi connectivity index (χ1v) is 14.2.